The van der Waals surface area contributed by atoms with Gasteiger partial charge in [-0.05, 0) is 57.0 Å². The average molecular weight is 888 g/mol. The van der Waals surface area contributed by atoms with Gasteiger partial charge in [0.1, 0.15) is 12.0 Å². The lowest BCUT2D eigenvalue weighted by atomic mass is 10.0. The number of aliphatic hydroxyl groups is 1. The third-order valence-electron chi connectivity index (χ3n) is 9.30. The van der Waals surface area contributed by atoms with Gasteiger partial charge in [-0.2, -0.15) is 0 Å². The molecule has 16 heteroatoms. The zero-order chi connectivity index (χ0) is 46.7. The van der Waals surface area contributed by atoms with Crippen LogP contribution in [0.1, 0.15) is 115 Å². The van der Waals surface area contributed by atoms with Gasteiger partial charge < -0.3 is 45.5 Å². The van der Waals surface area contributed by atoms with Gasteiger partial charge in [0, 0.05) is 20.1 Å². The Morgan fingerprint density at radius 2 is 1.45 bits per heavy atom. The maximum Gasteiger partial charge on any atom is 0.333 e. The number of nitrogens with one attached hydrogen (secondary N) is 4. The summed E-state index contributed by atoms with van der Waals surface area (Å²) in [6, 6.07) is 13.7. The number of Topliss-reactive ketones (excluding diaryl/α,β-unsaturated/α-hetero) is 1. The molecule has 0 aromatic heterocycles. The van der Waals surface area contributed by atoms with E-state index in [-0.39, 0.29) is 37.5 Å². The lowest BCUT2D eigenvalue weighted by Crippen LogP contribution is -2.47. The highest BCUT2D eigenvalue weighted by atomic mass is 31.0. The lowest BCUT2D eigenvalue weighted by Gasteiger charge is -2.23. The summed E-state index contributed by atoms with van der Waals surface area (Å²) in [5, 5.41) is 19.0. The molecule has 4 unspecified atom stereocenters. The zero-order valence-electron chi connectivity index (χ0n) is 38.0. The average Bonchev–Trinajstić information content (AvgIpc) is 3.29. The molecule has 2 aromatic rings. The van der Waals surface area contributed by atoms with E-state index in [1.165, 1.54) is 43.4 Å². The van der Waals surface area contributed by atoms with Crippen molar-refractivity contribution >= 4 is 50.9 Å². The summed E-state index contributed by atoms with van der Waals surface area (Å²) in [7, 11) is 5.58. The summed E-state index contributed by atoms with van der Waals surface area (Å²) in [5.74, 6) is -2.63. The molecule has 0 heterocycles. The van der Waals surface area contributed by atoms with Crippen molar-refractivity contribution in [2.24, 2.45) is 0 Å². The van der Waals surface area contributed by atoms with Crippen LogP contribution in [0.2, 0.25) is 0 Å². The number of hydrogen-bond donors (Lipinski definition) is 5. The smallest absolute Gasteiger partial charge is 0.333 e. The number of ether oxygens (including phenoxy) is 2. The van der Waals surface area contributed by atoms with Crippen molar-refractivity contribution in [1.82, 2.24) is 26.2 Å². The molecule has 4 amide bonds. The van der Waals surface area contributed by atoms with Crippen LogP contribution >= 0.6 is 9.24 Å². The van der Waals surface area contributed by atoms with Gasteiger partial charge >= 0.3 is 5.97 Å². The Hall–Kier alpha value is -4.72. The monoisotopic (exact) mass is 888 g/mol. The number of aldehydes is 1. The number of rotatable bonds is 23. The van der Waals surface area contributed by atoms with Crippen LogP contribution in [0, 0.1) is 0 Å². The molecule has 0 radical (unpaired) electrons. The van der Waals surface area contributed by atoms with Crippen LogP contribution < -0.4 is 26.0 Å². The van der Waals surface area contributed by atoms with Gasteiger partial charge in [0.15, 0.2) is 6.04 Å². The molecule has 0 bridgehead atoms. The number of aliphatic hydroxyl groups excluding tert-OH is 1. The first kappa shape index (κ1) is 57.3. The first-order valence-electron chi connectivity index (χ1n) is 21.7. The highest BCUT2D eigenvalue weighted by Gasteiger charge is 2.27. The van der Waals surface area contributed by atoms with Crippen molar-refractivity contribution in [3.05, 3.63) is 65.7 Å². The van der Waals surface area contributed by atoms with E-state index in [2.05, 4.69) is 30.5 Å². The number of carbonyl (C=O) groups excluding carboxylic acids is 7. The summed E-state index contributed by atoms with van der Waals surface area (Å²) < 4.78 is 10.7. The van der Waals surface area contributed by atoms with E-state index in [1.54, 1.807) is 82.5 Å². The second-order valence-corrected chi connectivity index (χ2v) is 14.7. The second-order valence-electron chi connectivity index (χ2n) is 14.7. The molecule has 1 aliphatic rings. The van der Waals surface area contributed by atoms with Crippen molar-refractivity contribution in [3.63, 3.8) is 0 Å². The summed E-state index contributed by atoms with van der Waals surface area (Å²) in [6.45, 7) is 9.09. The number of carbonyl (C=O) groups is 7. The van der Waals surface area contributed by atoms with Crippen LogP contribution in [-0.4, -0.2) is 117 Å². The van der Waals surface area contributed by atoms with Crippen molar-refractivity contribution in [3.8, 4) is 5.75 Å². The standard InChI is InChI=1S/C20H29N3O5.C19H28N2O5.C6H12.CH5P/c1-5-9-15(21-4)18(25)19(26)22-12-16(24)23-17(20(27)28-13(2)3)14-10-7-6-8-11-14;1-3-6-16(14-23)21(2)19(25)13-20-18(24)12-15-7-4-8-17(11-15)26-10-5-9-22;1-2-4-6-5-3-1;1-2/h6-8,10-11,13,15,17,21H,5,9,12H2,1-4H3,(H,22,26)(H,23,24);4,7-8,11,14,16,22H,3,5-6,9-10,12-13H2,1-2H3,(H,20,24);1-6H2;2H2,1H3. The minimum atomic E-state index is -1.01. The van der Waals surface area contributed by atoms with E-state index < -0.39 is 48.2 Å². The molecule has 15 nitrogen and oxygen atoms in total. The normalized spacial score (nSPS) is 13.0. The molecule has 348 valence electrons. The Kier molecular flexibility index (Phi) is 33.1. The molecular formula is C46H74N5O10P. The van der Waals surface area contributed by atoms with Crippen molar-refractivity contribution in [1.29, 1.82) is 0 Å². The number of benzene rings is 2. The minimum Gasteiger partial charge on any atom is -0.493 e. The molecule has 62 heavy (non-hydrogen) atoms. The van der Waals surface area contributed by atoms with Crippen molar-refractivity contribution < 1.29 is 48.1 Å². The van der Waals surface area contributed by atoms with Crippen LogP contribution in [0.4, 0.5) is 0 Å². The Bertz CT molecular complexity index is 1580. The van der Waals surface area contributed by atoms with Gasteiger partial charge in [-0.1, -0.05) is 114 Å². The molecule has 2 aromatic carbocycles. The fourth-order valence-electron chi connectivity index (χ4n) is 5.98. The Labute approximate surface area is 371 Å². The fraction of sp³-hybridized carbons (Fsp3) is 0.587. The van der Waals surface area contributed by atoms with E-state index in [0.717, 1.165) is 24.7 Å². The first-order valence-corrected chi connectivity index (χ1v) is 22.9. The Balaban J connectivity index is 0.00000102. The fourth-order valence-corrected chi connectivity index (χ4v) is 5.98. The number of esters is 1. The molecular weight excluding hydrogens is 814 g/mol. The number of hydrogen-bond acceptors (Lipinski definition) is 11. The Morgan fingerprint density at radius 3 is 1.98 bits per heavy atom. The predicted octanol–water partition coefficient (Wildman–Crippen LogP) is 4.63. The number of amides is 4. The van der Waals surface area contributed by atoms with Gasteiger partial charge in [0.25, 0.3) is 5.91 Å². The summed E-state index contributed by atoms with van der Waals surface area (Å²) in [5.41, 5.74) is 1.32. The van der Waals surface area contributed by atoms with Gasteiger partial charge in [-0.15, -0.1) is 9.24 Å². The summed E-state index contributed by atoms with van der Waals surface area (Å²) in [6.07, 6.45) is 12.7. The highest BCUT2D eigenvalue weighted by molar-refractivity contribution is 7.15. The van der Waals surface area contributed by atoms with Crippen molar-refractivity contribution in [2.75, 3.05) is 47.1 Å². The topological polar surface area (TPSA) is 210 Å². The third-order valence-corrected chi connectivity index (χ3v) is 9.30. The van der Waals surface area contributed by atoms with Gasteiger partial charge in [0.05, 0.1) is 44.3 Å². The molecule has 1 saturated carbocycles. The number of nitrogens with zero attached hydrogens (tertiary/aromatic N) is 1. The van der Waals surface area contributed by atoms with E-state index in [1.807, 2.05) is 20.5 Å². The molecule has 1 aliphatic carbocycles. The van der Waals surface area contributed by atoms with Crippen LogP contribution in [0.3, 0.4) is 0 Å². The molecule has 1 fully saturated rings. The summed E-state index contributed by atoms with van der Waals surface area (Å²) >= 11 is 0. The highest BCUT2D eigenvalue weighted by Crippen LogP contribution is 2.17. The molecule has 3 rings (SSSR count). The van der Waals surface area contributed by atoms with Crippen LogP contribution in [-0.2, 0) is 44.7 Å². The van der Waals surface area contributed by atoms with E-state index in [9.17, 15) is 33.6 Å². The lowest BCUT2D eigenvalue weighted by molar-refractivity contribution is -0.151. The predicted molar refractivity (Wildman–Crippen MR) is 246 cm³/mol. The Morgan fingerprint density at radius 1 is 0.839 bits per heavy atom. The number of ketones is 1. The molecule has 0 aliphatic heterocycles. The maximum atomic E-state index is 12.3. The molecule has 0 spiro atoms. The van der Waals surface area contributed by atoms with E-state index in [0.29, 0.717) is 37.2 Å². The summed E-state index contributed by atoms with van der Waals surface area (Å²) in [4.78, 5) is 85.2. The zero-order valence-corrected chi connectivity index (χ0v) is 39.2. The quantitative estimate of drug-likeness (QED) is 0.0342. The first-order chi connectivity index (χ1) is 29.8. The van der Waals surface area contributed by atoms with Crippen LogP contribution in [0.15, 0.2) is 54.6 Å². The van der Waals surface area contributed by atoms with E-state index >= 15 is 0 Å². The molecule has 4 atom stereocenters. The third kappa shape index (κ3) is 25.3. The number of likely N-dealkylation sites (N-methyl/N-ethyl adjacent to an activating group) is 2. The van der Waals surface area contributed by atoms with E-state index in [4.69, 9.17) is 14.6 Å². The van der Waals surface area contributed by atoms with Gasteiger partial charge in [-0.3, -0.25) is 24.0 Å². The maximum absolute atomic E-state index is 12.3. The molecule has 5 N–H and O–H groups in total. The van der Waals surface area contributed by atoms with Crippen LogP contribution in [0.25, 0.3) is 0 Å². The SMILES string of the molecule is C1CCCCC1.CCCC(C=O)N(C)C(=O)CNC(=O)Cc1cccc(OCCCO)c1.CCCC(NC)C(=O)C(=O)NCC(=O)NC(C(=O)OC(C)C)c1ccccc1.CP. The second kappa shape index (κ2) is 35.8. The molecule has 0 saturated heterocycles. The van der Waals surface area contributed by atoms with Gasteiger partial charge in [0.2, 0.25) is 23.5 Å². The minimum absolute atomic E-state index is 0.0633. The van der Waals surface area contributed by atoms with Gasteiger partial charge in [-0.25, -0.2) is 4.79 Å². The van der Waals surface area contributed by atoms with Crippen LogP contribution in [0.5, 0.6) is 5.75 Å². The largest absolute Gasteiger partial charge is 0.493 e. The van der Waals surface area contributed by atoms with Crippen molar-refractivity contribution in [2.45, 2.75) is 129 Å².